The number of ether oxygens (including phenoxy) is 3. The van der Waals surface area contributed by atoms with Gasteiger partial charge in [-0.25, -0.2) is 0 Å². The summed E-state index contributed by atoms with van der Waals surface area (Å²) >= 11 is 0. The second-order valence-electron chi connectivity index (χ2n) is 4.89. The Morgan fingerprint density at radius 1 is 1.45 bits per heavy atom. The molecule has 1 aliphatic rings. The van der Waals surface area contributed by atoms with Gasteiger partial charge >= 0.3 is 5.97 Å². The molecule has 2 rings (SSSR count). The summed E-state index contributed by atoms with van der Waals surface area (Å²) in [5.41, 5.74) is -0.293. The third-order valence-corrected chi connectivity index (χ3v) is 3.65. The van der Waals surface area contributed by atoms with Crippen molar-refractivity contribution in [2.24, 2.45) is 5.41 Å². The Bertz CT molecular complexity index is 537. The molecule has 1 unspecified atom stereocenters. The zero-order valence-corrected chi connectivity index (χ0v) is 11.9. The number of rotatable bonds is 4. The van der Waals surface area contributed by atoms with Gasteiger partial charge in [-0.2, -0.15) is 0 Å². The number of hydrogen-bond donors (Lipinski definition) is 0. The van der Waals surface area contributed by atoms with Crippen molar-refractivity contribution in [3.8, 4) is 11.5 Å². The Labute approximate surface area is 117 Å². The molecule has 0 aliphatic carbocycles. The summed E-state index contributed by atoms with van der Waals surface area (Å²) in [6, 6.07) is 5.10. The fourth-order valence-corrected chi connectivity index (χ4v) is 2.22. The lowest BCUT2D eigenvalue weighted by Gasteiger charge is -2.35. The quantitative estimate of drug-likeness (QED) is 0.790. The molecule has 0 spiro atoms. The smallest absolute Gasteiger partial charge is 0.302 e. The third-order valence-electron chi connectivity index (χ3n) is 3.65. The summed E-state index contributed by atoms with van der Waals surface area (Å²) in [5, 5.41) is 0. The first-order valence-corrected chi connectivity index (χ1v) is 6.51. The fraction of sp³-hybridized carbons (Fsp3) is 0.467. The molecule has 0 fully saturated rings. The van der Waals surface area contributed by atoms with Gasteiger partial charge in [-0.3, -0.25) is 9.59 Å². The monoisotopic (exact) mass is 278 g/mol. The molecule has 1 atom stereocenters. The highest BCUT2D eigenvalue weighted by Gasteiger charge is 2.44. The summed E-state index contributed by atoms with van der Waals surface area (Å²) in [7, 11) is 1.56. The van der Waals surface area contributed by atoms with Gasteiger partial charge in [0.05, 0.1) is 12.7 Å². The van der Waals surface area contributed by atoms with Gasteiger partial charge in [0.25, 0.3) is 0 Å². The molecule has 0 aromatic heterocycles. The molecular formula is C15H18O5. The average Bonchev–Trinajstić information content (AvgIpc) is 2.46. The Kier molecular flexibility index (Phi) is 3.97. The van der Waals surface area contributed by atoms with Gasteiger partial charge in [-0.1, -0.05) is 6.92 Å². The molecule has 108 valence electrons. The van der Waals surface area contributed by atoms with Crippen molar-refractivity contribution >= 4 is 11.8 Å². The molecule has 0 N–H and O–H groups in total. The van der Waals surface area contributed by atoms with E-state index in [0.717, 1.165) is 0 Å². The molecule has 0 radical (unpaired) electrons. The van der Waals surface area contributed by atoms with E-state index in [1.54, 1.807) is 25.3 Å². The molecule has 1 heterocycles. The standard InChI is InChI=1S/C15H18O5/c1-4-15(8-19-10(2)16)9-20-13-7-11(18-3)5-6-12(13)14(15)17/h5-7H,4,8-9H2,1-3H3. The maximum atomic E-state index is 12.7. The van der Waals surface area contributed by atoms with Crippen molar-refractivity contribution in [3.63, 3.8) is 0 Å². The number of fused-ring (bicyclic) bond motifs is 1. The molecule has 1 aromatic rings. The Morgan fingerprint density at radius 2 is 2.20 bits per heavy atom. The Morgan fingerprint density at radius 3 is 2.80 bits per heavy atom. The van der Waals surface area contributed by atoms with Gasteiger partial charge in [0.2, 0.25) is 0 Å². The van der Waals surface area contributed by atoms with E-state index in [0.29, 0.717) is 23.5 Å². The van der Waals surface area contributed by atoms with Gasteiger partial charge in [0.15, 0.2) is 5.78 Å². The minimum absolute atomic E-state index is 0.0448. The zero-order chi connectivity index (χ0) is 14.8. The van der Waals surface area contributed by atoms with E-state index in [-0.39, 0.29) is 19.0 Å². The second-order valence-corrected chi connectivity index (χ2v) is 4.89. The number of methoxy groups -OCH3 is 1. The van der Waals surface area contributed by atoms with Crippen LogP contribution in [0.2, 0.25) is 0 Å². The van der Waals surface area contributed by atoms with Crippen LogP contribution < -0.4 is 9.47 Å². The highest BCUT2D eigenvalue weighted by Crippen LogP contribution is 2.38. The first-order chi connectivity index (χ1) is 9.52. The summed E-state index contributed by atoms with van der Waals surface area (Å²) in [6.07, 6.45) is 0.546. The molecule has 5 heteroatoms. The molecule has 20 heavy (non-hydrogen) atoms. The van der Waals surface area contributed by atoms with E-state index in [1.807, 2.05) is 6.92 Å². The normalized spacial score (nSPS) is 20.9. The number of carbonyl (C=O) groups is 2. The largest absolute Gasteiger partial charge is 0.497 e. The lowest BCUT2D eigenvalue weighted by Crippen LogP contribution is -2.44. The summed E-state index contributed by atoms with van der Waals surface area (Å²) in [5.74, 6) is 0.707. The number of ketones is 1. The van der Waals surface area contributed by atoms with Crippen LogP contribution in [-0.4, -0.2) is 32.1 Å². The number of benzene rings is 1. The highest BCUT2D eigenvalue weighted by atomic mass is 16.5. The van der Waals surface area contributed by atoms with Crippen LogP contribution in [0.3, 0.4) is 0 Å². The molecule has 0 amide bonds. The van der Waals surface area contributed by atoms with Crippen LogP contribution in [0.4, 0.5) is 0 Å². The molecule has 0 bridgehead atoms. The number of hydrogen-bond acceptors (Lipinski definition) is 5. The lowest BCUT2D eigenvalue weighted by molar-refractivity contribution is -0.144. The topological polar surface area (TPSA) is 61.8 Å². The van der Waals surface area contributed by atoms with Crippen molar-refractivity contribution in [3.05, 3.63) is 23.8 Å². The minimum atomic E-state index is -0.798. The van der Waals surface area contributed by atoms with Crippen LogP contribution >= 0.6 is 0 Å². The summed E-state index contributed by atoms with van der Waals surface area (Å²) in [6.45, 7) is 3.47. The first kappa shape index (κ1) is 14.4. The van der Waals surface area contributed by atoms with Crippen LogP contribution in [0.5, 0.6) is 11.5 Å². The second kappa shape index (κ2) is 5.53. The van der Waals surface area contributed by atoms with Gasteiger partial charge in [-0.15, -0.1) is 0 Å². The maximum Gasteiger partial charge on any atom is 0.302 e. The molecule has 1 aromatic carbocycles. The van der Waals surface area contributed by atoms with Gasteiger partial charge < -0.3 is 14.2 Å². The minimum Gasteiger partial charge on any atom is -0.497 e. The van der Waals surface area contributed by atoms with E-state index < -0.39 is 11.4 Å². The molecular weight excluding hydrogens is 260 g/mol. The lowest BCUT2D eigenvalue weighted by atomic mass is 9.77. The fourth-order valence-electron chi connectivity index (χ4n) is 2.22. The van der Waals surface area contributed by atoms with E-state index >= 15 is 0 Å². The van der Waals surface area contributed by atoms with Gasteiger partial charge in [0.1, 0.15) is 30.1 Å². The predicted octanol–water partition coefficient (Wildman–Crippen LogP) is 2.23. The highest BCUT2D eigenvalue weighted by molar-refractivity contribution is 6.04. The van der Waals surface area contributed by atoms with Crippen LogP contribution in [0.25, 0.3) is 0 Å². The van der Waals surface area contributed by atoms with Crippen molar-refractivity contribution in [2.45, 2.75) is 20.3 Å². The van der Waals surface area contributed by atoms with Crippen LogP contribution in [0.1, 0.15) is 30.6 Å². The maximum absolute atomic E-state index is 12.7. The van der Waals surface area contributed by atoms with Crippen molar-refractivity contribution in [1.82, 2.24) is 0 Å². The molecule has 5 nitrogen and oxygen atoms in total. The van der Waals surface area contributed by atoms with E-state index in [9.17, 15) is 9.59 Å². The van der Waals surface area contributed by atoms with E-state index in [4.69, 9.17) is 14.2 Å². The van der Waals surface area contributed by atoms with Gasteiger partial charge in [-0.05, 0) is 18.6 Å². The predicted molar refractivity (Wildman–Crippen MR) is 72.2 cm³/mol. The van der Waals surface area contributed by atoms with Crippen molar-refractivity contribution in [2.75, 3.05) is 20.3 Å². The van der Waals surface area contributed by atoms with Crippen LogP contribution in [-0.2, 0) is 9.53 Å². The van der Waals surface area contributed by atoms with Crippen LogP contribution in [0.15, 0.2) is 18.2 Å². The third kappa shape index (κ3) is 2.48. The van der Waals surface area contributed by atoms with E-state index in [2.05, 4.69) is 0 Å². The number of carbonyl (C=O) groups excluding carboxylic acids is 2. The first-order valence-electron chi connectivity index (χ1n) is 6.51. The summed E-state index contributed by atoms with van der Waals surface area (Å²) < 4.78 is 15.8. The molecule has 0 saturated heterocycles. The van der Waals surface area contributed by atoms with Crippen molar-refractivity contribution < 1.29 is 23.8 Å². The van der Waals surface area contributed by atoms with Crippen molar-refractivity contribution in [1.29, 1.82) is 0 Å². The zero-order valence-electron chi connectivity index (χ0n) is 11.9. The number of Topliss-reactive ketones (excluding diaryl/α,β-unsaturated/α-hetero) is 1. The van der Waals surface area contributed by atoms with Gasteiger partial charge in [0, 0.05) is 13.0 Å². The summed E-state index contributed by atoms with van der Waals surface area (Å²) in [4.78, 5) is 23.7. The van der Waals surface area contributed by atoms with E-state index in [1.165, 1.54) is 6.92 Å². The Balaban J connectivity index is 2.31. The molecule has 0 saturated carbocycles. The number of esters is 1. The average molecular weight is 278 g/mol. The molecule has 1 aliphatic heterocycles. The van der Waals surface area contributed by atoms with Crippen LogP contribution in [0, 0.1) is 5.41 Å². The Hall–Kier alpha value is -2.04. The SMILES string of the molecule is CCC1(COC(C)=O)COc2cc(OC)ccc2C1=O.